The van der Waals surface area contributed by atoms with Crippen molar-refractivity contribution >= 4 is 5.91 Å². The lowest BCUT2D eigenvalue weighted by molar-refractivity contribution is -0.120. The van der Waals surface area contributed by atoms with E-state index in [0.717, 1.165) is 23.6 Å². The fourth-order valence-electron chi connectivity index (χ4n) is 1.24. The number of amides is 1. The van der Waals surface area contributed by atoms with Crippen LogP contribution < -0.4 is 10.6 Å². The van der Waals surface area contributed by atoms with Gasteiger partial charge in [-0.05, 0) is 20.4 Å². The van der Waals surface area contributed by atoms with E-state index in [9.17, 15) is 4.79 Å². The van der Waals surface area contributed by atoms with Gasteiger partial charge in [-0.15, -0.1) is 0 Å². The molecular formula is C10H17N3O2. The van der Waals surface area contributed by atoms with Crippen LogP contribution in [-0.2, 0) is 11.3 Å². The molecule has 15 heavy (non-hydrogen) atoms. The van der Waals surface area contributed by atoms with Crippen LogP contribution in [0.15, 0.2) is 4.52 Å². The van der Waals surface area contributed by atoms with Crippen molar-refractivity contribution in [2.75, 3.05) is 13.1 Å². The summed E-state index contributed by atoms with van der Waals surface area (Å²) in [6.07, 6.45) is 0. The van der Waals surface area contributed by atoms with Crippen LogP contribution in [0.5, 0.6) is 0 Å². The van der Waals surface area contributed by atoms with Gasteiger partial charge in [0.1, 0.15) is 5.76 Å². The zero-order chi connectivity index (χ0) is 11.3. The van der Waals surface area contributed by atoms with Crippen molar-refractivity contribution in [2.45, 2.75) is 27.3 Å². The maximum Gasteiger partial charge on any atom is 0.234 e. The zero-order valence-corrected chi connectivity index (χ0v) is 9.39. The highest BCUT2D eigenvalue weighted by atomic mass is 16.5. The summed E-state index contributed by atoms with van der Waals surface area (Å²) >= 11 is 0. The first-order chi connectivity index (χ1) is 7.15. The molecule has 1 heterocycles. The number of hydrogen-bond acceptors (Lipinski definition) is 4. The Labute approximate surface area is 89.2 Å². The molecule has 0 atom stereocenters. The van der Waals surface area contributed by atoms with Gasteiger partial charge in [-0.1, -0.05) is 12.1 Å². The molecule has 0 bridgehead atoms. The maximum absolute atomic E-state index is 11.3. The second-order valence-electron chi connectivity index (χ2n) is 3.36. The summed E-state index contributed by atoms with van der Waals surface area (Å²) < 4.78 is 4.99. The van der Waals surface area contributed by atoms with Crippen LogP contribution in [0.4, 0.5) is 0 Å². The molecule has 0 radical (unpaired) electrons. The number of aromatic nitrogens is 1. The number of nitrogens with zero attached hydrogens (tertiary/aromatic N) is 1. The van der Waals surface area contributed by atoms with Crippen molar-refractivity contribution in [3.05, 3.63) is 17.0 Å². The first-order valence-corrected chi connectivity index (χ1v) is 5.04. The fourth-order valence-corrected chi connectivity index (χ4v) is 1.24. The summed E-state index contributed by atoms with van der Waals surface area (Å²) in [6, 6.07) is 0. The molecule has 1 amide bonds. The van der Waals surface area contributed by atoms with Crippen molar-refractivity contribution in [1.29, 1.82) is 0 Å². The number of nitrogens with one attached hydrogen (secondary N) is 2. The van der Waals surface area contributed by atoms with E-state index in [-0.39, 0.29) is 5.91 Å². The van der Waals surface area contributed by atoms with Crippen LogP contribution in [0.1, 0.15) is 23.9 Å². The number of rotatable bonds is 5. The Bertz CT molecular complexity index is 314. The minimum atomic E-state index is -0.0168. The third-order valence-corrected chi connectivity index (χ3v) is 2.18. The van der Waals surface area contributed by atoms with Crippen LogP contribution in [0, 0.1) is 13.8 Å². The van der Waals surface area contributed by atoms with Gasteiger partial charge in [0.2, 0.25) is 5.91 Å². The highest BCUT2D eigenvalue weighted by Crippen LogP contribution is 2.10. The van der Waals surface area contributed by atoms with E-state index in [4.69, 9.17) is 4.52 Å². The monoisotopic (exact) mass is 211 g/mol. The second-order valence-corrected chi connectivity index (χ2v) is 3.36. The van der Waals surface area contributed by atoms with Crippen molar-refractivity contribution in [3.8, 4) is 0 Å². The number of carbonyl (C=O) groups is 1. The third-order valence-electron chi connectivity index (χ3n) is 2.18. The molecule has 84 valence electrons. The minimum absolute atomic E-state index is 0.0168. The molecule has 5 heteroatoms. The van der Waals surface area contributed by atoms with Crippen LogP contribution in [-0.4, -0.2) is 24.2 Å². The first-order valence-electron chi connectivity index (χ1n) is 5.04. The topological polar surface area (TPSA) is 67.2 Å². The SMILES string of the molecule is CCNCC(=O)NCc1c(C)noc1C. The normalized spacial score (nSPS) is 10.3. The summed E-state index contributed by atoms with van der Waals surface area (Å²) in [5, 5.41) is 9.57. The van der Waals surface area contributed by atoms with E-state index in [1.165, 1.54) is 0 Å². The van der Waals surface area contributed by atoms with Crippen molar-refractivity contribution in [1.82, 2.24) is 15.8 Å². The smallest absolute Gasteiger partial charge is 0.234 e. The van der Waals surface area contributed by atoms with Crippen LogP contribution in [0.25, 0.3) is 0 Å². The Kier molecular flexibility index (Phi) is 4.30. The number of hydrogen-bond donors (Lipinski definition) is 2. The molecule has 2 N–H and O–H groups in total. The van der Waals surface area contributed by atoms with Crippen molar-refractivity contribution in [2.24, 2.45) is 0 Å². The van der Waals surface area contributed by atoms with E-state index in [0.29, 0.717) is 13.1 Å². The standard InChI is InChI=1S/C10H17N3O2/c1-4-11-6-10(14)12-5-9-7(2)13-15-8(9)3/h11H,4-6H2,1-3H3,(H,12,14). The molecule has 0 fully saturated rings. The highest BCUT2D eigenvalue weighted by molar-refractivity contribution is 5.77. The quantitative estimate of drug-likeness (QED) is 0.745. The van der Waals surface area contributed by atoms with Crippen LogP contribution in [0.2, 0.25) is 0 Å². The molecule has 0 aliphatic carbocycles. The van der Waals surface area contributed by atoms with Gasteiger partial charge >= 0.3 is 0 Å². The lowest BCUT2D eigenvalue weighted by Gasteiger charge is -2.04. The lowest BCUT2D eigenvalue weighted by Crippen LogP contribution is -2.33. The van der Waals surface area contributed by atoms with E-state index < -0.39 is 0 Å². The molecular weight excluding hydrogens is 194 g/mol. The number of aryl methyl sites for hydroxylation is 2. The molecule has 1 aromatic rings. The fraction of sp³-hybridized carbons (Fsp3) is 0.600. The zero-order valence-electron chi connectivity index (χ0n) is 9.39. The van der Waals surface area contributed by atoms with Crippen molar-refractivity contribution in [3.63, 3.8) is 0 Å². The lowest BCUT2D eigenvalue weighted by atomic mass is 10.2. The molecule has 0 unspecified atom stereocenters. The summed E-state index contributed by atoms with van der Waals surface area (Å²) in [5.41, 5.74) is 1.79. The summed E-state index contributed by atoms with van der Waals surface area (Å²) in [5.74, 6) is 0.744. The van der Waals surface area contributed by atoms with Gasteiger partial charge in [0, 0.05) is 12.1 Å². The molecule has 0 aromatic carbocycles. The number of likely N-dealkylation sites (N-methyl/N-ethyl adjacent to an activating group) is 1. The predicted molar refractivity (Wildman–Crippen MR) is 56.4 cm³/mol. The van der Waals surface area contributed by atoms with E-state index >= 15 is 0 Å². The highest BCUT2D eigenvalue weighted by Gasteiger charge is 2.09. The van der Waals surface area contributed by atoms with Crippen molar-refractivity contribution < 1.29 is 9.32 Å². The van der Waals surface area contributed by atoms with Gasteiger partial charge in [0.15, 0.2) is 0 Å². The van der Waals surface area contributed by atoms with Gasteiger partial charge in [-0.3, -0.25) is 4.79 Å². The Hall–Kier alpha value is -1.36. The van der Waals surface area contributed by atoms with E-state index in [2.05, 4.69) is 15.8 Å². The average Bonchev–Trinajstić information content (AvgIpc) is 2.53. The van der Waals surface area contributed by atoms with Gasteiger partial charge in [-0.2, -0.15) is 0 Å². The molecule has 1 aromatic heterocycles. The van der Waals surface area contributed by atoms with Crippen LogP contribution >= 0.6 is 0 Å². The molecule has 0 aliphatic rings. The summed E-state index contributed by atoms with van der Waals surface area (Å²) in [6.45, 7) is 7.28. The largest absolute Gasteiger partial charge is 0.361 e. The Morgan fingerprint density at radius 1 is 1.47 bits per heavy atom. The van der Waals surface area contributed by atoms with E-state index in [1.807, 2.05) is 20.8 Å². The van der Waals surface area contributed by atoms with Gasteiger partial charge < -0.3 is 15.2 Å². The third kappa shape index (κ3) is 3.36. The summed E-state index contributed by atoms with van der Waals surface area (Å²) in [7, 11) is 0. The first kappa shape index (κ1) is 11.7. The molecule has 0 saturated carbocycles. The summed E-state index contributed by atoms with van der Waals surface area (Å²) in [4.78, 5) is 11.3. The molecule has 0 spiro atoms. The minimum Gasteiger partial charge on any atom is -0.361 e. The molecule has 5 nitrogen and oxygen atoms in total. The molecule has 0 aliphatic heterocycles. The van der Waals surface area contributed by atoms with Gasteiger partial charge in [0.25, 0.3) is 0 Å². The predicted octanol–water partition coefficient (Wildman–Crippen LogP) is 0.517. The van der Waals surface area contributed by atoms with Gasteiger partial charge in [-0.25, -0.2) is 0 Å². The van der Waals surface area contributed by atoms with Crippen LogP contribution in [0.3, 0.4) is 0 Å². The van der Waals surface area contributed by atoms with Gasteiger partial charge in [0.05, 0.1) is 12.2 Å². The second kappa shape index (κ2) is 5.50. The Balaban J connectivity index is 2.40. The Morgan fingerprint density at radius 3 is 2.73 bits per heavy atom. The molecule has 1 rings (SSSR count). The number of carbonyl (C=O) groups excluding carboxylic acids is 1. The maximum atomic E-state index is 11.3. The van der Waals surface area contributed by atoms with E-state index in [1.54, 1.807) is 0 Å². The average molecular weight is 211 g/mol. The molecule has 0 saturated heterocycles. The Morgan fingerprint density at radius 2 is 2.20 bits per heavy atom.